The molecule has 0 aliphatic carbocycles. The fraction of sp³-hybridized carbons (Fsp3) is 0.520. The van der Waals surface area contributed by atoms with Crippen molar-refractivity contribution < 1.29 is 14.3 Å². The van der Waals surface area contributed by atoms with E-state index in [1.54, 1.807) is 0 Å². The van der Waals surface area contributed by atoms with Crippen molar-refractivity contribution in [2.45, 2.75) is 20.3 Å². The average Bonchev–Trinajstić information content (AvgIpc) is 2.77. The van der Waals surface area contributed by atoms with Crippen LogP contribution in [0.25, 0.3) is 10.8 Å². The van der Waals surface area contributed by atoms with Crippen molar-refractivity contribution in [3.05, 3.63) is 42.5 Å². The Morgan fingerprint density at radius 3 is 2.26 bits per heavy atom. The quantitative estimate of drug-likeness (QED) is 0.742. The zero-order valence-corrected chi connectivity index (χ0v) is 18.6. The first-order valence-electron chi connectivity index (χ1n) is 11.4. The van der Waals surface area contributed by atoms with Crippen LogP contribution in [0.1, 0.15) is 20.3 Å². The molecule has 6 nitrogen and oxygen atoms in total. The van der Waals surface area contributed by atoms with E-state index in [2.05, 4.69) is 24.8 Å². The highest BCUT2D eigenvalue weighted by atomic mass is 16.5. The molecule has 2 unspecified atom stereocenters. The summed E-state index contributed by atoms with van der Waals surface area (Å²) >= 11 is 0. The van der Waals surface area contributed by atoms with Gasteiger partial charge in [-0.25, -0.2) is 0 Å². The standard InChI is InChI=1S/C25H33N3O3/c1-19-13-20(2)16-28(15-19)24(29)17-26-9-11-27(12-10-26)25(30)18-31-23-8-7-21-5-3-4-6-22(21)14-23/h3-8,14,19-20H,9-13,15-18H2,1-2H3. The lowest BCUT2D eigenvalue weighted by Crippen LogP contribution is -2.53. The Kier molecular flexibility index (Phi) is 6.76. The molecule has 2 aliphatic heterocycles. The van der Waals surface area contributed by atoms with E-state index in [1.807, 2.05) is 46.2 Å². The lowest BCUT2D eigenvalue weighted by atomic mass is 9.92. The minimum absolute atomic E-state index is 0.00202. The number of hydrogen-bond donors (Lipinski definition) is 0. The maximum absolute atomic E-state index is 12.7. The summed E-state index contributed by atoms with van der Waals surface area (Å²) in [5.74, 6) is 2.08. The van der Waals surface area contributed by atoms with E-state index in [4.69, 9.17) is 4.74 Å². The monoisotopic (exact) mass is 423 g/mol. The van der Waals surface area contributed by atoms with Crippen LogP contribution in [0.2, 0.25) is 0 Å². The molecule has 6 heteroatoms. The van der Waals surface area contributed by atoms with Crippen LogP contribution in [0.4, 0.5) is 0 Å². The van der Waals surface area contributed by atoms with Crippen LogP contribution < -0.4 is 4.74 Å². The Morgan fingerprint density at radius 2 is 1.55 bits per heavy atom. The zero-order valence-electron chi connectivity index (χ0n) is 18.6. The number of piperazine rings is 1. The maximum Gasteiger partial charge on any atom is 0.260 e. The smallest absolute Gasteiger partial charge is 0.260 e. The molecule has 2 amide bonds. The van der Waals surface area contributed by atoms with Gasteiger partial charge in [0.25, 0.3) is 5.91 Å². The number of hydrogen-bond acceptors (Lipinski definition) is 4. The lowest BCUT2D eigenvalue weighted by molar-refractivity contribution is -0.137. The number of likely N-dealkylation sites (tertiary alicyclic amines) is 1. The molecule has 0 spiro atoms. The first kappa shape index (κ1) is 21.6. The maximum atomic E-state index is 12.7. The summed E-state index contributed by atoms with van der Waals surface area (Å²) in [6.07, 6.45) is 1.20. The van der Waals surface area contributed by atoms with Crippen molar-refractivity contribution in [2.24, 2.45) is 11.8 Å². The molecular formula is C25H33N3O3. The Morgan fingerprint density at radius 1 is 0.871 bits per heavy atom. The van der Waals surface area contributed by atoms with Gasteiger partial charge < -0.3 is 14.5 Å². The van der Waals surface area contributed by atoms with Crippen molar-refractivity contribution in [1.82, 2.24) is 14.7 Å². The summed E-state index contributed by atoms with van der Waals surface area (Å²) in [7, 11) is 0. The topological polar surface area (TPSA) is 53.1 Å². The third-order valence-corrected chi connectivity index (χ3v) is 6.39. The molecule has 2 aromatic carbocycles. The minimum atomic E-state index is -0.00202. The van der Waals surface area contributed by atoms with Gasteiger partial charge in [-0.1, -0.05) is 44.2 Å². The van der Waals surface area contributed by atoms with Gasteiger partial charge in [0.2, 0.25) is 5.91 Å². The van der Waals surface area contributed by atoms with Crippen molar-refractivity contribution in [2.75, 3.05) is 52.4 Å². The fourth-order valence-electron chi connectivity index (χ4n) is 4.81. The normalized spacial score (nSPS) is 22.5. The predicted octanol–water partition coefficient (Wildman–Crippen LogP) is 2.87. The van der Waals surface area contributed by atoms with Crippen molar-refractivity contribution >= 4 is 22.6 Å². The molecule has 2 heterocycles. The largest absolute Gasteiger partial charge is 0.484 e. The van der Waals surface area contributed by atoms with Gasteiger partial charge in [0.1, 0.15) is 5.75 Å². The van der Waals surface area contributed by atoms with Gasteiger partial charge in [-0.2, -0.15) is 0 Å². The highest BCUT2D eigenvalue weighted by molar-refractivity contribution is 5.84. The van der Waals surface area contributed by atoms with Gasteiger partial charge in [-0.15, -0.1) is 0 Å². The number of rotatable bonds is 5. The molecule has 0 bridgehead atoms. The first-order valence-corrected chi connectivity index (χ1v) is 11.4. The summed E-state index contributed by atoms with van der Waals surface area (Å²) in [6.45, 7) is 9.41. The molecule has 0 radical (unpaired) electrons. The molecule has 2 aromatic rings. The summed E-state index contributed by atoms with van der Waals surface area (Å²) in [6, 6.07) is 14.0. The highest BCUT2D eigenvalue weighted by Gasteiger charge is 2.28. The molecule has 2 fully saturated rings. The third kappa shape index (κ3) is 5.56. The molecule has 0 N–H and O–H groups in total. The number of piperidine rings is 1. The minimum Gasteiger partial charge on any atom is -0.484 e. The molecule has 2 saturated heterocycles. The van der Waals surface area contributed by atoms with Gasteiger partial charge in [0.15, 0.2) is 6.61 Å². The van der Waals surface area contributed by atoms with Crippen LogP contribution in [-0.2, 0) is 9.59 Å². The van der Waals surface area contributed by atoms with Crippen LogP contribution in [0.3, 0.4) is 0 Å². The van der Waals surface area contributed by atoms with Crippen LogP contribution >= 0.6 is 0 Å². The van der Waals surface area contributed by atoms with Gasteiger partial charge >= 0.3 is 0 Å². The number of nitrogens with zero attached hydrogens (tertiary/aromatic N) is 3. The van der Waals surface area contributed by atoms with Gasteiger partial charge in [0.05, 0.1) is 6.54 Å². The Labute approximate surface area is 184 Å². The van der Waals surface area contributed by atoms with Crippen molar-refractivity contribution in [3.8, 4) is 5.75 Å². The fourth-order valence-corrected chi connectivity index (χ4v) is 4.81. The van der Waals surface area contributed by atoms with Crippen LogP contribution in [-0.4, -0.2) is 78.9 Å². The molecule has 2 atom stereocenters. The van der Waals surface area contributed by atoms with Crippen LogP contribution in [0, 0.1) is 11.8 Å². The molecule has 0 saturated carbocycles. The Hall–Kier alpha value is -2.60. The summed E-state index contributed by atoms with van der Waals surface area (Å²) in [5, 5.41) is 2.25. The van der Waals surface area contributed by atoms with E-state index in [9.17, 15) is 9.59 Å². The van der Waals surface area contributed by atoms with E-state index < -0.39 is 0 Å². The van der Waals surface area contributed by atoms with E-state index in [0.29, 0.717) is 37.2 Å². The zero-order chi connectivity index (χ0) is 21.8. The number of benzene rings is 2. The average molecular weight is 424 g/mol. The molecule has 2 aliphatic rings. The van der Waals surface area contributed by atoms with Crippen molar-refractivity contribution in [1.29, 1.82) is 0 Å². The first-order chi connectivity index (χ1) is 15.0. The SMILES string of the molecule is CC1CC(C)CN(C(=O)CN2CCN(C(=O)COc3ccc4ccccc4c3)CC2)C1. The number of carbonyl (C=O) groups excluding carboxylic acids is 2. The number of amides is 2. The van der Waals surface area contributed by atoms with Crippen LogP contribution in [0.5, 0.6) is 5.75 Å². The Bertz CT molecular complexity index is 913. The lowest BCUT2D eigenvalue weighted by Gasteiger charge is -2.38. The Balaban J connectivity index is 1.21. The predicted molar refractivity (Wildman–Crippen MR) is 122 cm³/mol. The second-order valence-electron chi connectivity index (χ2n) is 9.20. The van der Waals surface area contributed by atoms with E-state index in [1.165, 1.54) is 6.42 Å². The second-order valence-corrected chi connectivity index (χ2v) is 9.20. The van der Waals surface area contributed by atoms with E-state index >= 15 is 0 Å². The molecule has 166 valence electrons. The summed E-state index contributed by atoms with van der Waals surface area (Å²) in [4.78, 5) is 31.3. The number of ether oxygens (including phenoxy) is 1. The van der Waals surface area contributed by atoms with Gasteiger partial charge in [-0.05, 0) is 41.2 Å². The summed E-state index contributed by atoms with van der Waals surface area (Å²) in [5.41, 5.74) is 0. The molecular weight excluding hydrogens is 390 g/mol. The third-order valence-electron chi connectivity index (χ3n) is 6.39. The summed E-state index contributed by atoms with van der Waals surface area (Å²) < 4.78 is 5.75. The van der Waals surface area contributed by atoms with Gasteiger partial charge in [0, 0.05) is 39.3 Å². The molecule has 4 rings (SSSR count). The second kappa shape index (κ2) is 9.69. The molecule has 31 heavy (non-hydrogen) atoms. The van der Waals surface area contributed by atoms with E-state index in [-0.39, 0.29) is 18.4 Å². The number of carbonyl (C=O) groups is 2. The molecule has 0 aromatic heterocycles. The van der Waals surface area contributed by atoms with Crippen molar-refractivity contribution in [3.63, 3.8) is 0 Å². The van der Waals surface area contributed by atoms with Gasteiger partial charge in [-0.3, -0.25) is 14.5 Å². The highest BCUT2D eigenvalue weighted by Crippen LogP contribution is 2.22. The van der Waals surface area contributed by atoms with E-state index in [0.717, 1.165) is 37.0 Å². The number of fused-ring (bicyclic) bond motifs is 1. The van der Waals surface area contributed by atoms with Crippen LogP contribution in [0.15, 0.2) is 42.5 Å².